The molecule has 6 nitrogen and oxygen atoms in total. The van der Waals surface area contributed by atoms with Gasteiger partial charge in [-0.05, 0) is 49.4 Å². The molecular weight excluding hydrogens is 366 g/mol. The number of nitrogens with zero attached hydrogens (tertiary/aromatic N) is 2. The van der Waals surface area contributed by atoms with Crippen LogP contribution in [0.4, 0.5) is 5.69 Å². The molecule has 1 amide bonds. The molecule has 0 aliphatic rings. The second kappa shape index (κ2) is 6.81. The van der Waals surface area contributed by atoms with Gasteiger partial charge in [-0.1, -0.05) is 11.6 Å². The van der Waals surface area contributed by atoms with Crippen LogP contribution in [0.3, 0.4) is 0 Å². The maximum atomic E-state index is 13.1. The van der Waals surface area contributed by atoms with E-state index in [0.29, 0.717) is 44.4 Å². The molecule has 0 saturated heterocycles. The van der Waals surface area contributed by atoms with Crippen molar-refractivity contribution in [3.8, 4) is 11.4 Å². The number of halogens is 1. The first-order valence-corrected chi connectivity index (χ1v) is 8.62. The second-order valence-electron chi connectivity index (χ2n) is 5.96. The highest BCUT2D eigenvalue weighted by Gasteiger charge is 2.20. The van der Waals surface area contributed by atoms with Crippen LogP contribution in [0.15, 0.2) is 59.3 Å². The molecular formula is C20H16ClN3O3. The highest BCUT2D eigenvalue weighted by Crippen LogP contribution is 2.31. The van der Waals surface area contributed by atoms with Crippen molar-refractivity contribution < 1.29 is 13.9 Å². The third kappa shape index (κ3) is 3.15. The van der Waals surface area contributed by atoms with Gasteiger partial charge in [0.15, 0.2) is 0 Å². The summed E-state index contributed by atoms with van der Waals surface area (Å²) in [7, 11) is 1.58. The lowest BCUT2D eigenvalue weighted by Crippen LogP contribution is -2.14. The summed E-state index contributed by atoms with van der Waals surface area (Å²) in [5.74, 6) is 0.880. The average molecular weight is 382 g/mol. The lowest BCUT2D eigenvalue weighted by atomic mass is 10.1. The smallest absolute Gasteiger partial charge is 0.259 e. The Morgan fingerprint density at radius 1 is 1.26 bits per heavy atom. The first-order chi connectivity index (χ1) is 13.1. The van der Waals surface area contributed by atoms with E-state index in [1.54, 1.807) is 73.6 Å². The number of carbonyl (C=O) groups is 1. The number of benzene rings is 2. The number of rotatable bonds is 4. The first-order valence-electron chi connectivity index (χ1n) is 8.25. The van der Waals surface area contributed by atoms with Gasteiger partial charge < -0.3 is 14.5 Å². The zero-order valence-electron chi connectivity index (χ0n) is 14.7. The quantitative estimate of drug-likeness (QED) is 0.549. The minimum Gasteiger partial charge on any atom is -0.497 e. The standard InChI is InChI=1S/C20H16ClN3O3/c1-12-19(15-11-14(26-2)5-7-18(15)27-12)20(25)23-16-10-13(21)4-6-17(16)24-9-3-8-22-24/h3-11H,1-2H3,(H,23,25). The third-order valence-electron chi connectivity index (χ3n) is 4.26. The van der Waals surface area contributed by atoms with Crippen LogP contribution >= 0.6 is 11.6 Å². The Labute approximate surface area is 160 Å². The number of amides is 1. The first kappa shape index (κ1) is 17.2. The van der Waals surface area contributed by atoms with Crippen molar-refractivity contribution >= 4 is 34.2 Å². The van der Waals surface area contributed by atoms with Crippen LogP contribution in [0.1, 0.15) is 16.1 Å². The molecule has 7 heteroatoms. The van der Waals surface area contributed by atoms with Crippen molar-refractivity contribution in [3.05, 3.63) is 71.2 Å². The SMILES string of the molecule is COc1ccc2oc(C)c(C(=O)Nc3cc(Cl)ccc3-n3cccn3)c2c1. The van der Waals surface area contributed by atoms with E-state index in [1.165, 1.54) is 0 Å². The summed E-state index contributed by atoms with van der Waals surface area (Å²) in [4.78, 5) is 13.1. The summed E-state index contributed by atoms with van der Waals surface area (Å²) in [6, 6.07) is 12.4. The van der Waals surface area contributed by atoms with Crippen LogP contribution in [0, 0.1) is 6.92 Å². The monoisotopic (exact) mass is 381 g/mol. The van der Waals surface area contributed by atoms with Crippen LogP contribution in [0.2, 0.25) is 5.02 Å². The van der Waals surface area contributed by atoms with Crippen LogP contribution in [-0.2, 0) is 0 Å². The van der Waals surface area contributed by atoms with Gasteiger partial charge >= 0.3 is 0 Å². The highest BCUT2D eigenvalue weighted by molar-refractivity contribution is 6.31. The van der Waals surface area contributed by atoms with Crippen molar-refractivity contribution in [2.75, 3.05) is 12.4 Å². The van der Waals surface area contributed by atoms with Gasteiger partial charge in [-0.25, -0.2) is 4.68 Å². The molecule has 0 atom stereocenters. The van der Waals surface area contributed by atoms with Crippen molar-refractivity contribution in [3.63, 3.8) is 0 Å². The average Bonchev–Trinajstić information content (AvgIpc) is 3.28. The number of aromatic nitrogens is 2. The van der Waals surface area contributed by atoms with E-state index < -0.39 is 0 Å². The second-order valence-corrected chi connectivity index (χ2v) is 6.40. The van der Waals surface area contributed by atoms with Crippen LogP contribution in [0.5, 0.6) is 5.75 Å². The molecule has 0 aliphatic heterocycles. The van der Waals surface area contributed by atoms with Gasteiger partial charge in [0.1, 0.15) is 17.1 Å². The predicted octanol–water partition coefficient (Wildman–Crippen LogP) is 4.84. The molecule has 27 heavy (non-hydrogen) atoms. The zero-order valence-corrected chi connectivity index (χ0v) is 15.4. The maximum absolute atomic E-state index is 13.1. The molecule has 0 bridgehead atoms. The molecule has 4 aromatic rings. The number of methoxy groups -OCH3 is 1. The zero-order chi connectivity index (χ0) is 19.0. The fourth-order valence-electron chi connectivity index (χ4n) is 3.01. The summed E-state index contributed by atoms with van der Waals surface area (Å²) in [5.41, 5.74) is 2.33. The molecule has 0 fully saturated rings. The van der Waals surface area contributed by atoms with E-state index in [9.17, 15) is 4.79 Å². The molecule has 2 heterocycles. The molecule has 1 N–H and O–H groups in total. The van der Waals surface area contributed by atoms with Crippen molar-refractivity contribution in [1.82, 2.24) is 9.78 Å². The molecule has 0 spiro atoms. The fraction of sp³-hybridized carbons (Fsp3) is 0.100. The summed E-state index contributed by atoms with van der Waals surface area (Å²) in [6.45, 7) is 1.76. The summed E-state index contributed by atoms with van der Waals surface area (Å²) < 4.78 is 12.7. The topological polar surface area (TPSA) is 69.3 Å². The number of hydrogen-bond donors (Lipinski definition) is 1. The number of ether oxygens (including phenoxy) is 1. The number of fused-ring (bicyclic) bond motifs is 1. The molecule has 0 saturated carbocycles. The Kier molecular flexibility index (Phi) is 4.33. The number of anilines is 1. The van der Waals surface area contributed by atoms with E-state index in [0.717, 1.165) is 0 Å². The Morgan fingerprint density at radius 3 is 2.85 bits per heavy atom. The Balaban J connectivity index is 1.77. The lowest BCUT2D eigenvalue weighted by Gasteiger charge is -2.12. The van der Waals surface area contributed by atoms with Crippen molar-refractivity contribution in [2.45, 2.75) is 6.92 Å². The fourth-order valence-corrected chi connectivity index (χ4v) is 3.18. The van der Waals surface area contributed by atoms with E-state index in [-0.39, 0.29) is 5.91 Å². The van der Waals surface area contributed by atoms with Crippen LogP contribution in [0.25, 0.3) is 16.7 Å². The number of nitrogens with one attached hydrogen (secondary N) is 1. The van der Waals surface area contributed by atoms with Gasteiger partial charge in [-0.3, -0.25) is 4.79 Å². The van der Waals surface area contributed by atoms with E-state index in [1.807, 2.05) is 0 Å². The van der Waals surface area contributed by atoms with Crippen LogP contribution < -0.4 is 10.1 Å². The molecule has 2 aromatic carbocycles. The van der Waals surface area contributed by atoms with Gasteiger partial charge in [0.25, 0.3) is 5.91 Å². The summed E-state index contributed by atoms with van der Waals surface area (Å²) >= 11 is 6.14. The van der Waals surface area contributed by atoms with Crippen molar-refractivity contribution in [1.29, 1.82) is 0 Å². The third-order valence-corrected chi connectivity index (χ3v) is 4.49. The van der Waals surface area contributed by atoms with Gasteiger partial charge in [0.05, 0.1) is 24.0 Å². The highest BCUT2D eigenvalue weighted by atomic mass is 35.5. The number of aryl methyl sites for hydroxylation is 1. The predicted molar refractivity (Wildman–Crippen MR) is 104 cm³/mol. The Bertz CT molecular complexity index is 1130. The number of furan rings is 1. The maximum Gasteiger partial charge on any atom is 0.259 e. The largest absolute Gasteiger partial charge is 0.497 e. The lowest BCUT2D eigenvalue weighted by molar-refractivity contribution is 0.102. The number of carbonyl (C=O) groups excluding carboxylic acids is 1. The molecule has 4 rings (SSSR count). The van der Waals surface area contributed by atoms with Gasteiger partial charge in [0, 0.05) is 22.8 Å². The molecule has 2 aromatic heterocycles. The normalized spacial score (nSPS) is 10.9. The summed E-state index contributed by atoms with van der Waals surface area (Å²) in [5, 5.41) is 8.35. The van der Waals surface area contributed by atoms with E-state index >= 15 is 0 Å². The Morgan fingerprint density at radius 2 is 2.11 bits per heavy atom. The minimum atomic E-state index is -0.296. The van der Waals surface area contributed by atoms with E-state index in [4.69, 9.17) is 20.8 Å². The van der Waals surface area contributed by atoms with Crippen LogP contribution in [-0.4, -0.2) is 22.8 Å². The summed E-state index contributed by atoms with van der Waals surface area (Å²) in [6.07, 6.45) is 3.46. The molecule has 0 aliphatic carbocycles. The molecule has 136 valence electrons. The van der Waals surface area contributed by atoms with Gasteiger partial charge in [0.2, 0.25) is 0 Å². The van der Waals surface area contributed by atoms with Gasteiger partial charge in [-0.15, -0.1) is 0 Å². The van der Waals surface area contributed by atoms with Crippen molar-refractivity contribution in [2.24, 2.45) is 0 Å². The molecule has 0 unspecified atom stereocenters. The van der Waals surface area contributed by atoms with E-state index in [2.05, 4.69) is 10.4 Å². The number of hydrogen-bond acceptors (Lipinski definition) is 4. The molecule has 0 radical (unpaired) electrons. The minimum absolute atomic E-state index is 0.296. The Hall–Kier alpha value is -3.25. The van der Waals surface area contributed by atoms with Gasteiger partial charge in [-0.2, -0.15) is 5.10 Å².